The lowest BCUT2D eigenvalue weighted by molar-refractivity contribution is -0.132. The molecule has 7 nitrogen and oxygen atoms in total. The highest BCUT2D eigenvalue weighted by Gasteiger charge is 2.62. The maximum Gasteiger partial charge on any atom is 0.272 e. The second kappa shape index (κ2) is 6.23. The maximum atomic E-state index is 15.7. The molecule has 2 fully saturated rings. The molecule has 0 aliphatic heterocycles. The Morgan fingerprint density at radius 2 is 1.87 bits per heavy atom. The number of amides is 1. The Kier molecular flexibility index (Phi) is 3.66. The van der Waals surface area contributed by atoms with Crippen LogP contribution in [0.5, 0.6) is 0 Å². The van der Waals surface area contributed by atoms with E-state index in [2.05, 4.69) is 20.6 Å². The van der Waals surface area contributed by atoms with Crippen molar-refractivity contribution in [1.82, 2.24) is 25.1 Å². The van der Waals surface area contributed by atoms with E-state index in [1.54, 1.807) is 41.2 Å². The van der Waals surface area contributed by atoms with E-state index in [-0.39, 0.29) is 22.9 Å². The first-order valence-corrected chi connectivity index (χ1v) is 10.4. The average Bonchev–Trinajstić information content (AvgIpc) is 3.16. The quantitative estimate of drug-likeness (QED) is 0.536. The van der Waals surface area contributed by atoms with Gasteiger partial charge in [-0.1, -0.05) is 24.3 Å². The number of carbonyl (C=O) groups is 1. The van der Waals surface area contributed by atoms with Crippen LogP contribution in [0.3, 0.4) is 0 Å². The fourth-order valence-corrected chi connectivity index (χ4v) is 5.51. The van der Waals surface area contributed by atoms with Crippen LogP contribution in [-0.4, -0.2) is 31.8 Å². The lowest BCUT2D eigenvalue weighted by Crippen LogP contribution is -2.60. The highest BCUT2D eigenvalue weighted by Crippen LogP contribution is 2.65. The lowest BCUT2D eigenvalue weighted by atomic mass is 9.48. The predicted molar refractivity (Wildman–Crippen MR) is 112 cm³/mol. The van der Waals surface area contributed by atoms with Crippen LogP contribution >= 0.6 is 0 Å². The van der Waals surface area contributed by atoms with E-state index in [4.69, 9.17) is 0 Å². The molecule has 0 atom stereocenters. The van der Waals surface area contributed by atoms with Crippen molar-refractivity contribution in [2.45, 2.75) is 37.4 Å². The Labute approximate surface area is 176 Å². The molecule has 6 rings (SSSR count). The summed E-state index contributed by atoms with van der Waals surface area (Å²) < 4.78 is 17.4. The van der Waals surface area contributed by atoms with E-state index in [9.17, 15) is 9.59 Å². The van der Waals surface area contributed by atoms with Crippen molar-refractivity contribution in [2.75, 3.05) is 0 Å². The van der Waals surface area contributed by atoms with Gasteiger partial charge in [0.25, 0.3) is 11.5 Å². The van der Waals surface area contributed by atoms with Crippen LogP contribution in [0, 0.1) is 5.41 Å². The molecule has 2 saturated carbocycles. The number of halogens is 1. The average molecular weight is 417 g/mol. The van der Waals surface area contributed by atoms with Gasteiger partial charge in [-0.15, -0.1) is 0 Å². The van der Waals surface area contributed by atoms with Crippen molar-refractivity contribution in [2.24, 2.45) is 5.41 Å². The van der Waals surface area contributed by atoms with Gasteiger partial charge in [-0.05, 0) is 49.3 Å². The number of hydrogen-bond donors (Lipinski definition) is 2. The molecule has 8 heteroatoms. The zero-order valence-electron chi connectivity index (χ0n) is 16.6. The van der Waals surface area contributed by atoms with Gasteiger partial charge in [0.2, 0.25) is 0 Å². The standard InChI is InChI=1S/C23H20FN5O2/c24-23(19-15-5-1-2-6-16(15)21(31)28-27-19)12-22(13-23)9-14(10-22)26-20(30)17-11-25-29-8-4-3-7-18(17)29/h1-8,11,14H,9-10,12-13H2,(H,26,30)(H,28,31). The first-order chi connectivity index (χ1) is 15.0. The molecule has 2 aliphatic rings. The number of fused-ring (bicyclic) bond motifs is 2. The van der Waals surface area contributed by atoms with E-state index in [0.717, 1.165) is 18.4 Å². The van der Waals surface area contributed by atoms with E-state index in [1.807, 2.05) is 18.2 Å². The maximum absolute atomic E-state index is 15.7. The van der Waals surface area contributed by atoms with Crippen molar-refractivity contribution >= 4 is 22.2 Å². The number of H-pyrrole nitrogens is 1. The molecule has 4 aromatic rings. The van der Waals surface area contributed by atoms with Crippen molar-refractivity contribution in [3.8, 4) is 0 Å². The third-order valence-corrected chi connectivity index (χ3v) is 6.80. The molecule has 0 saturated heterocycles. The number of aromatic amines is 1. The van der Waals surface area contributed by atoms with Gasteiger partial charge in [0.1, 0.15) is 5.69 Å². The third kappa shape index (κ3) is 2.71. The summed E-state index contributed by atoms with van der Waals surface area (Å²) >= 11 is 0. The monoisotopic (exact) mass is 417 g/mol. The first-order valence-electron chi connectivity index (χ1n) is 10.4. The van der Waals surface area contributed by atoms with Crippen molar-refractivity contribution in [3.63, 3.8) is 0 Å². The number of benzene rings is 1. The molecule has 0 radical (unpaired) electrons. The highest BCUT2D eigenvalue weighted by atomic mass is 19.1. The minimum Gasteiger partial charge on any atom is -0.349 e. The van der Waals surface area contributed by atoms with Gasteiger partial charge in [-0.2, -0.15) is 10.2 Å². The molecule has 0 unspecified atom stereocenters. The van der Waals surface area contributed by atoms with E-state index < -0.39 is 5.67 Å². The molecule has 2 N–H and O–H groups in total. The number of carbonyl (C=O) groups excluding carboxylic acids is 1. The van der Waals surface area contributed by atoms with Gasteiger partial charge in [-0.3, -0.25) is 9.59 Å². The molecule has 3 aromatic heterocycles. The first kappa shape index (κ1) is 18.2. The summed E-state index contributed by atoms with van der Waals surface area (Å²) in [5, 5.41) is 14.8. The second-order valence-corrected chi connectivity index (χ2v) is 8.93. The molecule has 1 spiro atoms. The molecule has 2 aliphatic carbocycles. The van der Waals surface area contributed by atoms with E-state index in [1.165, 1.54) is 0 Å². The Bertz CT molecular complexity index is 1390. The van der Waals surface area contributed by atoms with Gasteiger partial charge < -0.3 is 5.32 Å². The van der Waals surface area contributed by atoms with E-state index >= 15 is 4.39 Å². The molecular weight excluding hydrogens is 397 g/mol. The number of nitrogens with one attached hydrogen (secondary N) is 2. The Morgan fingerprint density at radius 1 is 1.13 bits per heavy atom. The van der Waals surface area contributed by atoms with Gasteiger partial charge >= 0.3 is 0 Å². The zero-order valence-corrected chi connectivity index (χ0v) is 16.6. The fourth-order valence-electron chi connectivity index (χ4n) is 5.51. The molecular formula is C23H20FN5O2. The van der Waals surface area contributed by atoms with Crippen molar-refractivity contribution in [3.05, 3.63) is 76.5 Å². The molecule has 1 aromatic carbocycles. The zero-order chi connectivity index (χ0) is 21.2. The molecule has 3 heterocycles. The summed E-state index contributed by atoms with van der Waals surface area (Å²) in [5.74, 6) is -0.153. The van der Waals surface area contributed by atoms with Crippen molar-refractivity contribution in [1.29, 1.82) is 0 Å². The van der Waals surface area contributed by atoms with Crippen LogP contribution in [-0.2, 0) is 5.67 Å². The fraction of sp³-hybridized carbons (Fsp3) is 0.304. The predicted octanol–water partition coefficient (Wildman–Crippen LogP) is 3.11. The lowest BCUT2D eigenvalue weighted by Gasteiger charge is -2.60. The normalized spacial score (nSPS) is 27.2. The Hall–Kier alpha value is -3.55. The highest BCUT2D eigenvalue weighted by molar-refractivity contribution is 6.00. The number of pyridine rings is 1. The number of aromatic nitrogens is 4. The number of alkyl halides is 1. The van der Waals surface area contributed by atoms with Crippen LogP contribution in [0.4, 0.5) is 4.39 Å². The second-order valence-electron chi connectivity index (χ2n) is 8.93. The summed E-state index contributed by atoms with van der Waals surface area (Å²) in [6.45, 7) is 0. The molecule has 31 heavy (non-hydrogen) atoms. The van der Waals surface area contributed by atoms with Crippen LogP contribution in [0.2, 0.25) is 0 Å². The van der Waals surface area contributed by atoms with Gasteiger partial charge in [0, 0.05) is 17.6 Å². The summed E-state index contributed by atoms with van der Waals surface area (Å²) in [4.78, 5) is 24.7. The SMILES string of the molecule is O=C(NC1CC2(C1)CC(F)(c1n[nH]c(=O)c3ccccc13)C2)c1cnn2ccccc12. The Morgan fingerprint density at radius 3 is 2.68 bits per heavy atom. The third-order valence-electron chi connectivity index (χ3n) is 6.80. The van der Waals surface area contributed by atoms with Crippen LogP contribution < -0.4 is 10.9 Å². The van der Waals surface area contributed by atoms with Gasteiger partial charge in [-0.25, -0.2) is 14.0 Å². The minimum atomic E-state index is -1.55. The number of hydrogen-bond acceptors (Lipinski definition) is 4. The van der Waals surface area contributed by atoms with Crippen LogP contribution in [0.1, 0.15) is 41.7 Å². The van der Waals surface area contributed by atoms with Gasteiger partial charge in [0.05, 0.1) is 22.7 Å². The largest absolute Gasteiger partial charge is 0.349 e. The molecule has 156 valence electrons. The minimum absolute atomic E-state index is 0.0241. The van der Waals surface area contributed by atoms with Crippen LogP contribution in [0.15, 0.2) is 59.7 Å². The van der Waals surface area contributed by atoms with Crippen molar-refractivity contribution < 1.29 is 9.18 Å². The molecule has 0 bridgehead atoms. The van der Waals surface area contributed by atoms with Crippen LogP contribution in [0.25, 0.3) is 16.3 Å². The number of nitrogens with zero attached hydrogens (tertiary/aromatic N) is 3. The summed E-state index contributed by atoms with van der Waals surface area (Å²) in [6.07, 6.45) is 5.56. The summed E-state index contributed by atoms with van der Waals surface area (Å²) in [5.41, 5.74) is -0.368. The van der Waals surface area contributed by atoms with Gasteiger partial charge in [0.15, 0.2) is 5.67 Å². The topological polar surface area (TPSA) is 92.1 Å². The summed E-state index contributed by atoms with van der Waals surface area (Å²) in [6, 6.07) is 12.6. The molecule has 1 amide bonds. The Balaban J connectivity index is 1.15. The summed E-state index contributed by atoms with van der Waals surface area (Å²) in [7, 11) is 0. The van der Waals surface area contributed by atoms with E-state index in [0.29, 0.717) is 34.9 Å². The smallest absolute Gasteiger partial charge is 0.272 e. The number of rotatable bonds is 3.